The molecule has 11 heavy (non-hydrogen) atoms. The molecule has 0 heterocycles. The van der Waals surface area contributed by atoms with Gasteiger partial charge in [0.2, 0.25) is 0 Å². The van der Waals surface area contributed by atoms with Crippen molar-refractivity contribution in [3.8, 4) is 0 Å². The fraction of sp³-hybridized carbons (Fsp3) is 0.857. The Kier molecular flexibility index (Phi) is 2.32. The highest BCUT2D eigenvalue weighted by Crippen LogP contribution is 2.48. The summed E-state index contributed by atoms with van der Waals surface area (Å²) in [5.74, 6) is -0.199. The van der Waals surface area contributed by atoms with Crippen LogP contribution in [0.4, 0.5) is 0 Å². The number of hydrogen-bond acceptors (Lipinski definition) is 2. The molecule has 1 aliphatic carbocycles. The van der Waals surface area contributed by atoms with E-state index >= 15 is 0 Å². The molecule has 0 radical (unpaired) electrons. The third-order valence-electron chi connectivity index (χ3n) is 2.18. The molecule has 4 heteroatoms. The molecule has 1 aliphatic rings. The maximum Gasteiger partial charge on any atom is 0.309 e. The van der Waals surface area contributed by atoms with E-state index in [0.717, 1.165) is 12.8 Å². The normalized spacial score (nSPS) is 22.6. The first-order valence-corrected chi connectivity index (χ1v) is 5.33. The van der Waals surface area contributed by atoms with Crippen LogP contribution in [0.5, 0.6) is 0 Å². The molecule has 0 amide bonds. The highest BCUT2D eigenvalue weighted by molar-refractivity contribution is 7.84. The van der Waals surface area contributed by atoms with Crippen molar-refractivity contribution in [3.05, 3.63) is 0 Å². The summed E-state index contributed by atoms with van der Waals surface area (Å²) in [6.07, 6.45) is 3.71. The summed E-state index contributed by atoms with van der Waals surface area (Å²) in [6, 6.07) is 0. The van der Waals surface area contributed by atoms with Crippen molar-refractivity contribution in [1.29, 1.82) is 0 Å². The van der Waals surface area contributed by atoms with Crippen LogP contribution in [-0.2, 0) is 15.6 Å². The van der Waals surface area contributed by atoms with Crippen molar-refractivity contribution in [2.45, 2.75) is 19.3 Å². The smallest absolute Gasteiger partial charge is 0.309 e. The maximum atomic E-state index is 10.7. The van der Waals surface area contributed by atoms with Crippen molar-refractivity contribution in [3.63, 3.8) is 0 Å². The van der Waals surface area contributed by atoms with Crippen LogP contribution < -0.4 is 0 Å². The molecule has 1 N–H and O–H groups in total. The summed E-state index contributed by atoms with van der Waals surface area (Å²) in [5, 5.41) is 8.72. The lowest BCUT2D eigenvalue weighted by atomic mass is 10.1. The fourth-order valence-electron chi connectivity index (χ4n) is 1.06. The molecule has 1 unspecified atom stereocenters. The minimum absolute atomic E-state index is 0.494. The van der Waals surface area contributed by atoms with E-state index in [1.54, 1.807) is 6.26 Å². The molecular formula is C7H12O3S. The summed E-state index contributed by atoms with van der Waals surface area (Å²) >= 11 is 0. The molecule has 3 nitrogen and oxygen atoms in total. The van der Waals surface area contributed by atoms with E-state index < -0.39 is 22.2 Å². The zero-order valence-corrected chi connectivity index (χ0v) is 7.32. The number of carbonyl (C=O) groups is 1. The third kappa shape index (κ3) is 2.02. The lowest BCUT2D eigenvalue weighted by Crippen LogP contribution is -2.17. The van der Waals surface area contributed by atoms with Crippen molar-refractivity contribution in [2.75, 3.05) is 12.0 Å². The second-order valence-corrected chi connectivity index (χ2v) is 4.67. The first-order chi connectivity index (χ1) is 5.07. The molecule has 0 aromatic rings. The van der Waals surface area contributed by atoms with Gasteiger partial charge in [0.25, 0.3) is 0 Å². The van der Waals surface area contributed by atoms with Gasteiger partial charge < -0.3 is 5.11 Å². The van der Waals surface area contributed by atoms with Crippen LogP contribution in [0, 0.1) is 5.41 Å². The Labute approximate surface area is 68.3 Å². The second-order valence-electron chi connectivity index (χ2n) is 3.11. The van der Waals surface area contributed by atoms with Gasteiger partial charge in [0, 0.05) is 22.8 Å². The number of carboxylic acid groups (broad SMARTS) is 1. The zero-order valence-electron chi connectivity index (χ0n) is 6.50. The van der Waals surface area contributed by atoms with Crippen molar-refractivity contribution in [1.82, 2.24) is 0 Å². The highest BCUT2D eigenvalue weighted by Gasteiger charge is 2.49. The molecule has 0 saturated heterocycles. The summed E-state index contributed by atoms with van der Waals surface area (Å²) in [7, 11) is -0.852. The van der Waals surface area contributed by atoms with Gasteiger partial charge in [0.15, 0.2) is 0 Å². The Bertz CT molecular complexity index is 196. The van der Waals surface area contributed by atoms with E-state index in [1.165, 1.54) is 0 Å². The molecule has 0 bridgehead atoms. The Hall–Kier alpha value is -0.380. The number of aliphatic carboxylic acids is 1. The molecular weight excluding hydrogens is 164 g/mol. The van der Waals surface area contributed by atoms with Gasteiger partial charge in [0.1, 0.15) is 0 Å². The molecule has 1 saturated carbocycles. The van der Waals surface area contributed by atoms with Crippen molar-refractivity contribution < 1.29 is 14.1 Å². The lowest BCUT2D eigenvalue weighted by molar-refractivity contribution is -0.143. The Balaban J connectivity index is 2.36. The lowest BCUT2D eigenvalue weighted by Gasteiger charge is -2.06. The summed E-state index contributed by atoms with van der Waals surface area (Å²) in [6.45, 7) is 0. The molecule has 0 aromatic heterocycles. The van der Waals surface area contributed by atoms with E-state index in [4.69, 9.17) is 5.11 Å². The Morgan fingerprint density at radius 2 is 2.18 bits per heavy atom. The van der Waals surface area contributed by atoms with Crippen LogP contribution >= 0.6 is 0 Å². The standard InChI is InChI=1S/C7H12O3S/c1-11(10)5-4-7(2-3-7)6(8)9/h2-5H2,1H3,(H,8,9). The van der Waals surface area contributed by atoms with Gasteiger partial charge in [0.05, 0.1) is 5.41 Å². The number of carboxylic acids is 1. The highest BCUT2D eigenvalue weighted by atomic mass is 32.2. The maximum absolute atomic E-state index is 10.7. The summed E-state index contributed by atoms with van der Waals surface area (Å²) < 4.78 is 10.7. The molecule has 0 spiro atoms. The predicted octanol–water partition coefficient (Wildman–Crippen LogP) is 0.620. The number of rotatable bonds is 4. The van der Waals surface area contributed by atoms with E-state index in [9.17, 15) is 9.00 Å². The third-order valence-corrected chi connectivity index (χ3v) is 2.95. The van der Waals surface area contributed by atoms with Gasteiger partial charge in [-0.2, -0.15) is 0 Å². The van der Waals surface area contributed by atoms with Gasteiger partial charge in [-0.3, -0.25) is 9.00 Å². The molecule has 1 rings (SSSR count). The monoisotopic (exact) mass is 176 g/mol. The molecule has 64 valence electrons. The van der Waals surface area contributed by atoms with Crippen LogP contribution in [0.25, 0.3) is 0 Å². The fourth-order valence-corrected chi connectivity index (χ4v) is 1.74. The topological polar surface area (TPSA) is 54.4 Å². The van der Waals surface area contributed by atoms with E-state index in [0.29, 0.717) is 12.2 Å². The minimum atomic E-state index is -0.852. The second kappa shape index (κ2) is 2.93. The van der Waals surface area contributed by atoms with Gasteiger partial charge in [-0.1, -0.05) is 0 Å². The van der Waals surface area contributed by atoms with Gasteiger partial charge in [-0.25, -0.2) is 0 Å². The largest absolute Gasteiger partial charge is 0.481 e. The molecule has 1 atom stereocenters. The van der Waals surface area contributed by atoms with E-state index in [-0.39, 0.29) is 0 Å². The Morgan fingerprint density at radius 3 is 2.45 bits per heavy atom. The van der Waals surface area contributed by atoms with Gasteiger partial charge >= 0.3 is 5.97 Å². The zero-order chi connectivity index (χ0) is 8.48. The van der Waals surface area contributed by atoms with Crippen LogP contribution in [-0.4, -0.2) is 27.3 Å². The van der Waals surface area contributed by atoms with Crippen molar-refractivity contribution >= 4 is 16.8 Å². The average molecular weight is 176 g/mol. The first-order valence-electron chi connectivity index (χ1n) is 3.60. The SMILES string of the molecule is CS(=O)CCC1(C(=O)O)CC1. The summed E-state index contributed by atoms with van der Waals surface area (Å²) in [5.41, 5.74) is -0.494. The summed E-state index contributed by atoms with van der Waals surface area (Å²) in [4.78, 5) is 10.6. The van der Waals surface area contributed by atoms with Crippen LogP contribution in [0.15, 0.2) is 0 Å². The predicted molar refractivity (Wildman–Crippen MR) is 42.9 cm³/mol. The molecule has 0 aromatic carbocycles. The van der Waals surface area contributed by atoms with Crippen LogP contribution in [0.1, 0.15) is 19.3 Å². The van der Waals surface area contributed by atoms with E-state index in [2.05, 4.69) is 0 Å². The first kappa shape index (κ1) is 8.71. The van der Waals surface area contributed by atoms with Crippen molar-refractivity contribution in [2.24, 2.45) is 5.41 Å². The quantitative estimate of drug-likeness (QED) is 0.683. The van der Waals surface area contributed by atoms with E-state index in [1.807, 2.05) is 0 Å². The molecule has 1 fully saturated rings. The van der Waals surface area contributed by atoms with Crippen LogP contribution in [0.3, 0.4) is 0 Å². The van der Waals surface area contributed by atoms with Crippen LogP contribution in [0.2, 0.25) is 0 Å². The number of hydrogen-bond donors (Lipinski definition) is 1. The van der Waals surface area contributed by atoms with Gasteiger partial charge in [-0.05, 0) is 19.3 Å². The molecule has 0 aliphatic heterocycles. The Morgan fingerprint density at radius 1 is 1.64 bits per heavy atom. The van der Waals surface area contributed by atoms with Gasteiger partial charge in [-0.15, -0.1) is 0 Å². The minimum Gasteiger partial charge on any atom is -0.481 e. The average Bonchev–Trinajstić information content (AvgIpc) is 2.63.